The first-order valence-electron chi connectivity index (χ1n) is 6.13. The smallest absolute Gasteiger partial charge is 0.330 e. The van der Waals surface area contributed by atoms with Gasteiger partial charge in [-0.2, -0.15) is 8.42 Å². The van der Waals surface area contributed by atoms with Crippen LogP contribution in [0, 0.1) is 6.92 Å². The van der Waals surface area contributed by atoms with Gasteiger partial charge in [0.05, 0.1) is 12.9 Å². The van der Waals surface area contributed by atoms with Crippen molar-refractivity contribution >= 4 is 10.1 Å². The van der Waals surface area contributed by atoms with Crippen LogP contribution in [0.3, 0.4) is 0 Å². The summed E-state index contributed by atoms with van der Waals surface area (Å²) in [6.45, 7) is 1.04. The van der Waals surface area contributed by atoms with E-state index in [-0.39, 0.29) is 12.0 Å². The Balaban J connectivity index is 2.16. The lowest BCUT2D eigenvalue weighted by atomic mass is 10.2. The number of aryl methyl sites for hydroxylation is 1. The van der Waals surface area contributed by atoms with Gasteiger partial charge in [-0.1, -0.05) is 0 Å². The van der Waals surface area contributed by atoms with Crippen LogP contribution in [0.1, 0.15) is 18.2 Å². The summed E-state index contributed by atoms with van der Waals surface area (Å²) in [5.41, 5.74) is -0.958. The van der Waals surface area contributed by atoms with E-state index >= 15 is 0 Å². The Morgan fingerprint density at radius 3 is 2.81 bits per heavy atom. The van der Waals surface area contributed by atoms with Crippen LogP contribution in [0.15, 0.2) is 15.8 Å². The van der Waals surface area contributed by atoms with E-state index in [0.717, 1.165) is 10.8 Å². The highest BCUT2D eigenvalue weighted by atomic mass is 32.2. The molecule has 1 N–H and O–H groups in total. The molecule has 0 amide bonds. The van der Waals surface area contributed by atoms with Gasteiger partial charge in [0.15, 0.2) is 0 Å². The second kappa shape index (κ2) is 5.70. The lowest BCUT2D eigenvalue weighted by molar-refractivity contribution is -0.0296. The minimum Gasteiger partial charge on any atom is -0.349 e. The number of aromatic nitrogens is 2. The Kier molecular flexibility index (Phi) is 4.30. The number of nitrogens with one attached hydrogen (secondary N) is 1. The summed E-state index contributed by atoms with van der Waals surface area (Å²) in [6, 6.07) is 0. The third kappa shape index (κ3) is 3.77. The maximum atomic E-state index is 13.8. The molecular formula is C11H15FN2O6S. The van der Waals surface area contributed by atoms with Gasteiger partial charge in [0.2, 0.25) is 0 Å². The standard InChI is InChI=1S/C11H15FN2O6S/c1-6-4-14(11(16)13-10(6)15)9-3-7(12)8(20-9)5-19-21(2,17)18/h4,7-9H,3,5H2,1-2H3,(H,13,15,16). The van der Waals surface area contributed by atoms with Crippen LogP contribution in [0.5, 0.6) is 0 Å². The Hall–Kier alpha value is -1.52. The topological polar surface area (TPSA) is 107 Å². The minimum absolute atomic E-state index is 0.136. The van der Waals surface area contributed by atoms with Gasteiger partial charge in [-0.3, -0.25) is 18.5 Å². The lowest BCUT2D eigenvalue weighted by Gasteiger charge is -2.15. The highest BCUT2D eigenvalue weighted by molar-refractivity contribution is 7.85. The average Bonchev–Trinajstić information content (AvgIpc) is 2.72. The largest absolute Gasteiger partial charge is 0.349 e. The average molecular weight is 322 g/mol. The zero-order valence-electron chi connectivity index (χ0n) is 11.4. The molecule has 0 aromatic carbocycles. The van der Waals surface area contributed by atoms with E-state index in [1.807, 2.05) is 0 Å². The number of H-pyrrole nitrogens is 1. The molecule has 0 bridgehead atoms. The van der Waals surface area contributed by atoms with Crippen LogP contribution in [0.4, 0.5) is 4.39 Å². The summed E-state index contributed by atoms with van der Waals surface area (Å²) >= 11 is 0. The molecule has 2 rings (SSSR count). The van der Waals surface area contributed by atoms with Gasteiger partial charge in [0.1, 0.15) is 18.5 Å². The molecule has 0 aliphatic carbocycles. The van der Waals surface area contributed by atoms with Crippen molar-refractivity contribution < 1.29 is 21.7 Å². The molecule has 10 heteroatoms. The molecule has 118 valence electrons. The van der Waals surface area contributed by atoms with Crippen LogP contribution in [0.2, 0.25) is 0 Å². The van der Waals surface area contributed by atoms with Crippen LogP contribution >= 0.6 is 0 Å². The molecule has 1 aromatic rings. The first-order valence-corrected chi connectivity index (χ1v) is 7.95. The van der Waals surface area contributed by atoms with Gasteiger partial charge in [0, 0.05) is 18.2 Å². The molecular weight excluding hydrogens is 307 g/mol. The van der Waals surface area contributed by atoms with E-state index in [1.165, 1.54) is 13.1 Å². The van der Waals surface area contributed by atoms with Crippen molar-refractivity contribution in [2.75, 3.05) is 12.9 Å². The van der Waals surface area contributed by atoms with Gasteiger partial charge in [-0.15, -0.1) is 0 Å². The predicted molar refractivity (Wildman–Crippen MR) is 70.3 cm³/mol. The summed E-state index contributed by atoms with van der Waals surface area (Å²) < 4.78 is 46.5. The molecule has 0 radical (unpaired) electrons. The Morgan fingerprint density at radius 2 is 2.19 bits per heavy atom. The van der Waals surface area contributed by atoms with E-state index in [4.69, 9.17) is 4.74 Å². The molecule has 21 heavy (non-hydrogen) atoms. The maximum Gasteiger partial charge on any atom is 0.330 e. The molecule has 8 nitrogen and oxygen atoms in total. The zero-order chi connectivity index (χ0) is 15.8. The van der Waals surface area contributed by atoms with Crippen molar-refractivity contribution in [3.8, 4) is 0 Å². The Labute approximate surface area is 119 Å². The third-order valence-electron chi connectivity index (χ3n) is 3.06. The minimum atomic E-state index is -3.70. The number of ether oxygens (including phenoxy) is 1. The first-order chi connectivity index (χ1) is 9.67. The number of halogens is 1. The number of hydrogen-bond acceptors (Lipinski definition) is 6. The fourth-order valence-corrected chi connectivity index (χ4v) is 2.38. The van der Waals surface area contributed by atoms with E-state index in [2.05, 4.69) is 9.17 Å². The van der Waals surface area contributed by atoms with Crippen molar-refractivity contribution in [2.45, 2.75) is 31.8 Å². The lowest BCUT2D eigenvalue weighted by Crippen LogP contribution is -2.33. The first kappa shape index (κ1) is 15.9. The molecule has 2 heterocycles. The second-order valence-electron chi connectivity index (χ2n) is 4.85. The highest BCUT2D eigenvalue weighted by Crippen LogP contribution is 2.30. The zero-order valence-corrected chi connectivity index (χ0v) is 12.2. The van der Waals surface area contributed by atoms with Gasteiger partial charge < -0.3 is 4.74 Å². The molecule has 0 spiro atoms. The van der Waals surface area contributed by atoms with Gasteiger partial charge in [-0.05, 0) is 6.92 Å². The molecule has 1 saturated heterocycles. The number of rotatable bonds is 4. The van der Waals surface area contributed by atoms with Gasteiger partial charge in [0.25, 0.3) is 15.7 Å². The van der Waals surface area contributed by atoms with Gasteiger partial charge >= 0.3 is 5.69 Å². The summed E-state index contributed by atoms with van der Waals surface area (Å²) in [5.74, 6) is 0. The van der Waals surface area contributed by atoms with Crippen molar-refractivity contribution in [1.82, 2.24) is 9.55 Å². The van der Waals surface area contributed by atoms with Crippen LogP contribution in [-0.4, -0.2) is 43.1 Å². The molecule has 1 aromatic heterocycles. The molecule has 0 saturated carbocycles. The van der Waals surface area contributed by atoms with Gasteiger partial charge in [-0.25, -0.2) is 9.18 Å². The monoisotopic (exact) mass is 322 g/mol. The normalized spacial score (nSPS) is 26.1. The predicted octanol–water partition coefficient (Wildman–Crippen LogP) is -0.553. The van der Waals surface area contributed by atoms with Crippen LogP contribution < -0.4 is 11.2 Å². The van der Waals surface area contributed by atoms with E-state index < -0.39 is 46.5 Å². The maximum absolute atomic E-state index is 13.8. The number of hydrogen-bond donors (Lipinski definition) is 1. The number of alkyl halides is 1. The van der Waals surface area contributed by atoms with Crippen LogP contribution in [-0.2, 0) is 19.0 Å². The molecule has 1 aliphatic rings. The summed E-state index contributed by atoms with van der Waals surface area (Å²) in [7, 11) is -3.70. The van der Waals surface area contributed by atoms with Crippen molar-refractivity contribution in [3.05, 3.63) is 32.6 Å². The van der Waals surface area contributed by atoms with Crippen molar-refractivity contribution in [1.29, 1.82) is 0 Å². The molecule has 1 fully saturated rings. The summed E-state index contributed by atoms with van der Waals surface area (Å²) in [6.07, 6.45) is -1.50. The van der Waals surface area contributed by atoms with Crippen LogP contribution in [0.25, 0.3) is 0 Å². The molecule has 3 atom stereocenters. The van der Waals surface area contributed by atoms with E-state index in [9.17, 15) is 22.4 Å². The molecule has 1 aliphatic heterocycles. The van der Waals surface area contributed by atoms with Crippen molar-refractivity contribution in [2.24, 2.45) is 0 Å². The number of aromatic amines is 1. The quantitative estimate of drug-likeness (QED) is 0.745. The van der Waals surface area contributed by atoms with E-state index in [0.29, 0.717) is 0 Å². The summed E-state index contributed by atoms with van der Waals surface area (Å²) in [5, 5.41) is 0. The van der Waals surface area contributed by atoms with E-state index in [1.54, 1.807) is 0 Å². The fourth-order valence-electron chi connectivity index (χ4n) is 2.00. The SMILES string of the molecule is Cc1cn(C2CC(F)C(COS(C)(=O)=O)O2)c(=O)[nH]c1=O. The Bertz CT molecular complexity index is 740. The third-order valence-corrected chi connectivity index (χ3v) is 3.63. The molecule has 3 unspecified atom stereocenters. The van der Waals surface area contributed by atoms with Crippen molar-refractivity contribution in [3.63, 3.8) is 0 Å². The second-order valence-corrected chi connectivity index (χ2v) is 6.49. The number of nitrogens with zero attached hydrogens (tertiary/aromatic N) is 1. The summed E-state index contributed by atoms with van der Waals surface area (Å²) in [4.78, 5) is 25.1. The fraction of sp³-hybridized carbons (Fsp3) is 0.636. The highest BCUT2D eigenvalue weighted by Gasteiger charge is 2.37. The Morgan fingerprint density at radius 1 is 1.52 bits per heavy atom.